The summed E-state index contributed by atoms with van der Waals surface area (Å²) >= 11 is 0. The summed E-state index contributed by atoms with van der Waals surface area (Å²) in [6.07, 6.45) is 0.700. The second kappa shape index (κ2) is 13.1. The Labute approximate surface area is 222 Å². The Kier molecular flexibility index (Phi) is 9.59. The quantitative estimate of drug-likeness (QED) is 0.142. The van der Waals surface area contributed by atoms with Gasteiger partial charge >= 0.3 is 11.9 Å². The van der Waals surface area contributed by atoms with Gasteiger partial charge in [0.25, 0.3) is 0 Å². The van der Waals surface area contributed by atoms with Gasteiger partial charge in [0, 0.05) is 29.9 Å². The van der Waals surface area contributed by atoms with Crippen molar-refractivity contribution >= 4 is 40.6 Å². The number of hydrogen-bond donors (Lipinski definition) is 8. The van der Waals surface area contributed by atoms with Crippen LogP contribution >= 0.6 is 0 Å². The molecule has 0 saturated heterocycles. The molecule has 3 unspecified atom stereocenters. The third kappa shape index (κ3) is 8.04. The van der Waals surface area contributed by atoms with Crippen LogP contribution in [0.5, 0.6) is 5.75 Å². The number of para-hydroxylation sites is 1. The van der Waals surface area contributed by atoms with Gasteiger partial charge in [-0.15, -0.1) is 0 Å². The molecule has 0 bridgehead atoms. The first-order chi connectivity index (χ1) is 18.6. The average molecular weight is 540 g/mol. The number of benzene rings is 2. The van der Waals surface area contributed by atoms with Crippen LogP contribution in [0.2, 0.25) is 0 Å². The first kappa shape index (κ1) is 28.7. The maximum atomic E-state index is 13.4. The molecule has 3 amide bonds. The fraction of sp³-hybridized carbons (Fsp3) is 0.269. The maximum Gasteiger partial charge on any atom is 0.326 e. The van der Waals surface area contributed by atoms with Gasteiger partial charge in [0.2, 0.25) is 17.7 Å². The number of fused-ring (bicyclic) bond motifs is 1. The summed E-state index contributed by atoms with van der Waals surface area (Å²) in [5.74, 6) is -5.28. The van der Waals surface area contributed by atoms with Gasteiger partial charge in [-0.05, 0) is 29.3 Å². The predicted octanol–water partition coefficient (Wildman–Crippen LogP) is -0.369. The first-order valence-electron chi connectivity index (χ1n) is 11.9. The molecule has 0 aliphatic rings. The number of carboxylic acids is 2. The fourth-order valence-corrected chi connectivity index (χ4v) is 3.98. The van der Waals surface area contributed by atoms with Crippen LogP contribution in [0.3, 0.4) is 0 Å². The summed E-state index contributed by atoms with van der Waals surface area (Å²) in [5, 5.41) is 36.0. The minimum absolute atomic E-state index is 0.00393. The zero-order chi connectivity index (χ0) is 28.5. The molecule has 0 spiro atoms. The summed E-state index contributed by atoms with van der Waals surface area (Å²) in [7, 11) is 0. The number of carbonyl (C=O) groups is 5. The van der Waals surface area contributed by atoms with Crippen molar-refractivity contribution in [2.75, 3.05) is 6.54 Å². The van der Waals surface area contributed by atoms with Crippen molar-refractivity contribution in [1.29, 1.82) is 0 Å². The first-order valence-corrected chi connectivity index (χ1v) is 11.9. The van der Waals surface area contributed by atoms with Gasteiger partial charge in [-0.3, -0.25) is 19.2 Å². The number of H-pyrrole nitrogens is 1. The third-order valence-electron chi connectivity index (χ3n) is 5.94. The topological polar surface area (TPSA) is 224 Å². The molecule has 1 aromatic heterocycles. The van der Waals surface area contributed by atoms with Crippen molar-refractivity contribution in [3.8, 4) is 5.75 Å². The minimum atomic E-state index is -1.73. The molecule has 0 radical (unpaired) electrons. The van der Waals surface area contributed by atoms with Gasteiger partial charge in [-0.25, -0.2) is 4.79 Å². The third-order valence-corrected chi connectivity index (χ3v) is 5.94. The smallest absolute Gasteiger partial charge is 0.326 e. The van der Waals surface area contributed by atoms with Crippen LogP contribution in [0.15, 0.2) is 54.7 Å². The molecule has 0 aliphatic carbocycles. The highest BCUT2D eigenvalue weighted by molar-refractivity contribution is 5.95. The Hall–Kier alpha value is -4.91. The van der Waals surface area contributed by atoms with Crippen LogP contribution in [0.4, 0.5) is 0 Å². The number of aromatic hydroxyl groups is 1. The van der Waals surface area contributed by atoms with E-state index in [1.54, 1.807) is 30.5 Å². The maximum absolute atomic E-state index is 13.4. The monoisotopic (exact) mass is 539 g/mol. The summed E-state index contributed by atoms with van der Waals surface area (Å²) in [5.41, 5.74) is 7.40. The average Bonchev–Trinajstić information content (AvgIpc) is 3.31. The van der Waals surface area contributed by atoms with Crippen LogP contribution in [0.25, 0.3) is 10.9 Å². The Morgan fingerprint density at radius 1 is 0.821 bits per heavy atom. The van der Waals surface area contributed by atoms with E-state index in [-0.39, 0.29) is 18.6 Å². The molecule has 13 nitrogen and oxygen atoms in total. The van der Waals surface area contributed by atoms with Gasteiger partial charge < -0.3 is 42.0 Å². The summed E-state index contributed by atoms with van der Waals surface area (Å²) in [4.78, 5) is 64.3. The van der Waals surface area contributed by atoms with E-state index >= 15 is 0 Å². The van der Waals surface area contributed by atoms with Gasteiger partial charge in [-0.1, -0.05) is 30.3 Å². The Morgan fingerprint density at radius 2 is 1.44 bits per heavy atom. The summed E-state index contributed by atoms with van der Waals surface area (Å²) < 4.78 is 0. The molecule has 3 rings (SSSR count). The molecule has 39 heavy (non-hydrogen) atoms. The number of hydrogen-bond acceptors (Lipinski definition) is 7. The van der Waals surface area contributed by atoms with E-state index in [1.807, 2.05) is 12.1 Å². The van der Waals surface area contributed by atoms with Crippen molar-refractivity contribution in [3.05, 3.63) is 65.9 Å². The standard InChI is InChI=1S/C26H29N5O8/c27-12-22(33)29-19(9-14-5-7-16(32)8-6-14)24(36)30-20(25(37)31-21(26(38)39)11-23(34)35)10-15-13-28-18-4-2-1-3-17(15)18/h1-8,13,19-21,28,32H,9-12,27H2,(H,29,33)(H,30,36)(H,31,37)(H,34,35)(H,38,39). The molecular weight excluding hydrogens is 510 g/mol. The number of nitrogens with one attached hydrogen (secondary N) is 4. The lowest BCUT2D eigenvalue weighted by atomic mass is 10.0. The Morgan fingerprint density at radius 3 is 2.05 bits per heavy atom. The lowest BCUT2D eigenvalue weighted by Crippen LogP contribution is -2.57. The van der Waals surface area contributed by atoms with Crippen LogP contribution < -0.4 is 21.7 Å². The van der Waals surface area contributed by atoms with E-state index in [4.69, 9.17) is 10.8 Å². The second-order valence-electron chi connectivity index (χ2n) is 8.82. The molecule has 0 aliphatic heterocycles. The van der Waals surface area contributed by atoms with Crippen molar-refractivity contribution in [2.24, 2.45) is 5.73 Å². The lowest BCUT2D eigenvalue weighted by molar-refractivity contribution is -0.147. The van der Waals surface area contributed by atoms with Gasteiger partial charge in [0.1, 0.15) is 23.9 Å². The van der Waals surface area contributed by atoms with E-state index in [0.29, 0.717) is 11.1 Å². The van der Waals surface area contributed by atoms with Crippen molar-refractivity contribution in [3.63, 3.8) is 0 Å². The molecule has 0 fully saturated rings. The summed E-state index contributed by atoms with van der Waals surface area (Å²) in [6.45, 7) is -0.395. The number of carboxylic acid groups (broad SMARTS) is 2. The number of phenols is 1. The predicted molar refractivity (Wildman–Crippen MR) is 139 cm³/mol. The number of aromatic amines is 1. The normalized spacial score (nSPS) is 13.2. The van der Waals surface area contributed by atoms with Gasteiger partial charge in [0.15, 0.2) is 0 Å². The molecule has 206 valence electrons. The van der Waals surface area contributed by atoms with E-state index < -0.39 is 60.8 Å². The number of carbonyl (C=O) groups excluding carboxylic acids is 3. The van der Waals surface area contributed by atoms with Crippen LogP contribution in [-0.2, 0) is 36.8 Å². The van der Waals surface area contributed by atoms with Crippen molar-refractivity contribution in [2.45, 2.75) is 37.4 Å². The van der Waals surface area contributed by atoms with E-state index in [1.165, 1.54) is 12.1 Å². The molecule has 9 N–H and O–H groups in total. The van der Waals surface area contributed by atoms with Gasteiger partial charge in [-0.2, -0.15) is 0 Å². The Balaban J connectivity index is 1.89. The number of nitrogens with two attached hydrogens (primary N) is 1. The number of aromatic nitrogens is 1. The van der Waals surface area contributed by atoms with E-state index in [0.717, 1.165) is 10.9 Å². The van der Waals surface area contributed by atoms with E-state index in [9.17, 15) is 34.2 Å². The molecule has 0 saturated carbocycles. The van der Waals surface area contributed by atoms with Crippen LogP contribution in [0.1, 0.15) is 17.5 Å². The van der Waals surface area contributed by atoms with Crippen molar-refractivity contribution < 1.29 is 39.3 Å². The molecular formula is C26H29N5O8. The second-order valence-corrected chi connectivity index (χ2v) is 8.82. The fourth-order valence-electron chi connectivity index (χ4n) is 3.98. The lowest BCUT2D eigenvalue weighted by Gasteiger charge is -2.24. The number of rotatable bonds is 13. The highest BCUT2D eigenvalue weighted by Gasteiger charge is 2.31. The highest BCUT2D eigenvalue weighted by atomic mass is 16.4. The molecule has 13 heteroatoms. The molecule has 2 aromatic carbocycles. The number of amides is 3. The van der Waals surface area contributed by atoms with Crippen LogP contribution in [-0.4, -0.2) is 74.6 Å². The highest BCUT2D eigenvalue weighted by Crippen LogP contribution is 2.19. The molecule has 1 heterocycles. The molecule has 3 aromatic rings. The SMILES string of the molecule is NCC(=O)NC(Cc1ccc(O)cc1)C(=O)NC(Cc1c[nH]c2ccccc12)C(=O)NC(CC(=O)O)C(=O)O. The largest absolute Gasteiger partial charge is 0.508 e. The van der Waals surface area contributed by atoms with Crippen molar-refractivity contribution in [1.82, 2.24) is 20.9 Å². The zero-order valence-corrected chi connectivity index (χ0v) is 20.7. The minimum Gasteiger partial charge on any atom is -0.508 e. The molecule has 3 atom stereocenters. The number of phenolic OH excluding ortho intramolecular Hbond substituents is 1. The van der Waals surface area contributed by atoms with E-state index in [2.05, 4.69) is 20.9 Å². The van der Waals surface area contributed by atoms with Gasteiger partial charge in [0.05, 0.1) is 13.0 Å². The Bertz CT molecular complexity index is 1350. The summed E-state index contributed by atoms with van der Waals surface area (Å²) in [6, 6.07) is 8.93. The number of aliphatic carboxylic acids is 2. The van der Waals surface area contributed by atoms with Crippen LogP contribution in [0, 0.1) is 0 Å². The zero-order valence-electron chi connectivity index (χ0n) is 20.7.